The molecule has 0 aliphatic rings. The van der Waals surface area contributed by atoms with Crippen molar-refractivity contribution in [3.8, 4) is 0 Å². The molecule has 0 aliphatic carbocycles. The van der Waals surface area contributed by atoms with E-state index in [0.717, 1.165) is 30.5 Å². The summed E-state index contributed by atoms with van der Waals surface area (Å²) >= 11 is 0. The summed E-state index contributed by atoms with van der Waals surface area (Å²) in [6.45, 7) is 5.18. The summed E-state index contributed by atoms with van der Waals surface area (Å²) in [6.07, 6.45) is 1.53. The van der Waals surface area contributed by atoms with Crippen LogP contribution in [0, 0.1) is 0 Å². The zero-order valence-corrected chi connectivity index (χ0v) is 12.5. The Hall–Kier alpha value is -2.14. The molecule has 1 amide bonds. The van der Waals surface area contributed by atoms with Crippen molar-refractivity contribution in [3.05, 3.63) is 42.1 Å². The monoisotopic (exact) mass is 287 g/mol. The Morgan fingerprint density at radius 3 is 2.95 bits per heavy atom. The highest BCUT2D eigenvalue weighted by Gasteiger charge is 2.06. The average Bonchev–Trinajstić information content (AvgIpc) is 2.53. The number of hydrogen-bond donors (Lipinski definition) is 1. The first-order valence-electron chi connectivity index (χ1n) is 7.10. The lowest BCUT2D eigenvalue weighted by molar-refractivity contribution is 0.168. The normalized spacial score (nSPS) is 10.8. The maximum atomic E-state index is 11.0. The summed E-state index contributed by atoms with van der Waals surface area (Å²) in [6, 6.07) is 10.3. The smallest absolute Gasteiger partial charge is 0.406 e. The van der Waals surface area contributed by atoms with Crippen molar-refractivity contribution in [1.29, 1.82) is 0 Å². The van der Waals surface area contributed by atoms with E-state index in [0.29, 0.717) is 6.54 Å². The number of methoxy groups -OCH3 is 1. The van der Waals surface area contributed by atoms with Crippen LogP contribution in [0.4, 0.5) is 4.79 Å². The molecule has 1 aromatic heterocycles. The van der Waals surface area contributed by atoms with E-state index in [4.69, 9.17) is 0 Å². The molecule has 1 N–H and O–H groups in total. The first-order valence-corrected chi connectivity index (χ1v) is 7.10. The molecule has 2 aromatic rings. The van der Waals surface area contributed by atoms with Crippen molar-refractivity contribution in [3.63, 3.8) is 0 Å². The molecule has 0 aliphatic heterocycles. The van der Waals surface area contributed by atoms with Crippen molar-refractivity contribution in [2.75, 3.05) is 26.7 Å². The van der Waals surface area contributed by atoms with Gasteiger partial charge in [0, 0.05) is 31.2 Å². The third-order valence-electron chi connectivity index (χ3n) is 3.38. The molecule has 2 rings (SSSR count). The second-order valence-corrected chi connectivity index (χ2v) is 4.82. The predicted molar refractivity (Wildman–Crippen MR) is 83.1 cm³/mol. The van der Waals surface area contributed by atoms with Gasteiger partial charge in [-0.05, 0) is 24.2 Å². The van der Waals surface area contributed by atoms with Crippen LogP contribution < -0.4 is 5.32 Å². The molecule has 0 atom stereocenters. The Kier molecular flexibility index (Phi) is 5.51. The Balaban J connectivity index is 1.94. The van der Waals surface area contributed by atoms with Gasteiger partial charge in [-0.15, -0.1) is 0 Å². The van der Waals surface area contributed by atoms with Gasteiger partial charge in [-0.2, -0.15) is 0 Å². The number of aromatic nitrogens is 1. The van der Waals surface area contributed by atoms with E-state index >= 15 is 0 Å². The quantitative estimate of drug-likeness (QED) is 0.886. The molecule has 0 saturated carbocycles. The lowest BCUT2D eigenvalue weighted by Gasteiger charge is -2.20. The van der Waals surface area contributed by atoms with Crippen LogP contribution in [0.2, 0.25) is 0 Å². The molecule has 0 fully saturated rings. The number of alkyl carbamates (subject to hydrolysis) is 1. The van der Waals surface area contributed by atoms with Crippen molar-refractivity contribution >= 4 is 17.0 Å². The summed E-state index contributed by atoms with van der Waals surface area (Å²) in [4.78, 5) is 17.8. The van der Waals surface area contributed by atoms with Crippen molar-refractivity contribution in [2.45, 2.75) is 13.5 Å². The zero-order valence-electron chi connectivity index (χ0n) is 12.5. The van der Waals surface area contributed by atoms with Crippen molar-refractivity contribution in [2.24, 2.45) is 0 Å². The fourth-order valence-electron chi connectivity index (χ4n) is 2.20. The van der Waals surface area contributed by atoms with Gasteiger partial charge in [-0.1, -0.05) is 25.1 Å². The van der Waals surface area contributed by atoms with Crippen LogP contribution in [-0.4, -0.2) is 42.7 Å². The van der Waals surface area contributed by atoms with Gasteiger partial charge in [0.15, 0.2) is 0 Å². The van der Waals surface area contributed by atoms with E-state index in [-0.39, 0.29) is 0 Å². The number of para-hydroxylation sites is 1. The molecule has 0 spiro atoms. The molecule has 112 valence electrons. The first kappa shape index (κ1) is 15.3. The molecule has 1 heterocycles. The summed E-state index contributed by atoms with van der Waals surface area (Å²) in [5, 5.41) is 3.85. The number of nitrogens with one attached hydrogen (secondary N) is 1. The van der Waals surface area contributed by atoms with Crippen LogP contribution in [-0.2, 0) is 11.3 Å². The lowest BCUT2D eigenvalue weighted by atomic mass is 10.1. The minimum Gasteiger partial charge on any atom is -0.453 e. The number of amides is 1. The third kappa shape index (κ3) is 4.43. The largest absolute Gasteiger partial charge is 0.453 e. The minimum absolute atomic E-state index is 0.390. The highest BCUT2D eigenvalue weighted by Crippen LogP contribution is 2.13. The zero-order chi connectivity index (χ0) is 15.1. The maximum Gasteiger partial charge on any atom is 0.406 e. The molecule has 0 saturated heterocycles. The average molecular weight is 287 g/mol. The number of likely N-dealkylation sites (N-methyl/N-ethyl adjacent to an activating group) is 1. The number of hydrogen-bond acceptors (Lipinski definition) is 4. The van der Waals surface area contributed by atoms with Gasteiger partial charge in [0.2, 0.25) is 0 Å². The highest BCUT2D eigenvalue weighted by molar-refractivity contribution is 5.78. The molecule has 0 radical (unpaired) electrons. The third-order valence-corrected chi connectivity index (χ3v) is 3.38. The number of pyridine rings is 1. The molecular formula is C16H21N3O2. The maximum absolute atomic E-state index is 11.0. The Morgan fingerprint density at radius 1 is 1.38 bits per heavy atom. The number of carbonyl (C=O) groups is 1. The molecular weight excluding hydrogens is 266 g/mol. The van der Waals surface area contributed by atoms with Crippen molar-refractivity contribution < 1.29 is 9.53 Å². The number of rotatable bonds is 6. The molecule has 0 bridgehead atoms. The molecule has 1 aromatic carbocycles. The molecule has 5 heteroatoms. The van der Waals surface area contributed by atoms with Gasteiger partial charge in [-0.25, -0.2) is 4.79 Å². The standard InChI is InChI=1S/C16H21N3O2/c1-3-19(9-8-17-16(20)21-2)12-13-10-14-6-4-5-7-15(14)18-11-13/h4-7,10-11H,3,8-9,12H2,1-2H3,(H,17,20). The first-order chi connectivity index (χ1) is 10.2. The topological polar surface area (TPSA) is 54.5 Å². The van der Waals surface area contributed by atoms with Crippen LogP contribution in [0.1, 0.15) is 12.5 Å². The number of carbonyl (C=O) groups excluding carboxylic acids is 1. The van der Waals surface area contributed by atoms with E-state index in [1.807, 2.05) is 24.4 Å². The van der Waals surface area contributed by atoms with E-state index in [1.165, 1.54) is 12.7 Å². The van der Waals surface area contributed by atoms with Crippen LogP contribution >= 0.6 is 0 Å². The van der Waals surface area contributed by atoms with Crippen LogP contribution in [0.5, 0.6) is 0 Å². The van der Waals surface area contributed by atoms with Crippen LogP contribution in [0.15, 0.2) is 36.5 Å². The Labute approximate surface area is 124 Å². The van der Waals surface area contributed by atoms with Gasteiger partial charge in [0.25, 0.3) is 0 Å². The Morgan fingerprint density at radius 2 is 2.19 bits per heavy atom. The SMILES string of the molecule is CCN(CCNC(=O)OC)Cc1cnc2ccccc2c1. The summed E-state index contributed by atoms with van der Waals surface area (Å²) in [5.74, 6) is 0. The summed E-state index contributed by atoms with van der Waals surface area (Å²) in [7, 11) is 1.37. The Bertz CT molecular complexity index is 601. The predicted octanol–water partition coefficient (Wildman–Crippen LogP) is 2.41. The van der Waals surface area contributed by atoms with Crippen molar-refractivity contribution in [1.82, 2.24) is 15.2 Å². The second kappa shape index (κ2) is 7.59. The number of nitrogens with zero attached hydrogens (tertiary/aromatic N) is 2. The molecule has 5 nitrogen and oxygen atoms in total. The molecule has 0 unspecified atom stereocenters. The minimum atomic E-state index is -0.390. The van der Waals surface area contributed by atoms with E-state index in [1.54, 1.807) is 0 Å². The number of ether oxygens (including phenoxy) is 1. The van der Waals surface area contributed by atoms with Gasteiger partial charge in [0.1, 0.15) is 0 Å². The van der Waals surface area contributed by atoms with Gasteiger partial charge in [-0.3, -0.25) is 9.88 Å². The van der Waals surface area contributed by atoms with Gasteiger partial charge < -0.3 is 10.1 Å². The summed E-state index contributed by atoms with van der Waals surface area (Å²) < 4.78 is 4.55. The van der Waals surface area contributed by atoms with Gasteiger partial charge in [0.05, 0.1) is 12.6 Å². The van der Waals surface area contributed by atoms with Gasteiger partial charge >= 0.3 is 6.09 Å². The summed E-state index contributed by atoms with van der Waals surface area (Å²) in [5.41, 5.74) is 2.19. The van der Waals surface area contributed by atoms with Crippen LogP contribution in [0.3, 0.4) is 0 Å². The molecule has 21 heavy (non-hydrogen) atoms. The number of fused-ring (bicyclic) bond motifs is 1. The van der Waals surface area contributed by atoms with E-state index in [2.05, 4.69) is 39.0 Å². The fraction of sp³-hybridized carbons (Fsp3) is 0.375. The lowest BCUT2D eigenvalue weighted by Crippen LogP contribution is -2.34. The van der Waals surface area contributed by atoms with Crippen LogP contribution in [0.25, 0.3) is 10.9 Å². The van der Waals surface area contributed by atoms with E-state index < -0.39 is 6.09 Å². The number of benzene rings is 1. The second-order valence-electron chi connectivity index (χ2n) is 4.82. The van der Waals surface area contributed by atoms with E-state index in [9.17, 15) is 4.79 Å². The fourth-order valence-corrected chi connectivity index (χ4v) is 2.20. The highest BCUT2D eigenvalue weighted by atomic mass is 16.5.